The van der Waals surface area contributed by atoms with Crippen molar-refractivity contribution < 1.29 is 9.18 Å². The number of nitrogens with zero attached hydrogens (tertiary/aromatic N) is 1. The number of H-pyrrole nitrogens is 1. The number of rotatable bonds is 6. The van der Waals surface area contributed by atoms with Crippen LogP contribution in [0.25, 0.3) is 10.9 Å². The molecular weight excluding hydrogens is 333 g/mol. The molecule has 0 spiro atoms. The molecule has 0 fully saturated rings. The van der Waals surface area contributed by atoms with Gasteiger partial charge in [0.2, 0.25) is 0 Å². The molecule has 0 aliphatic carbocycles. The van der Waals surface area contributed by atoms with E-state index < -0.39 is 11.5 Å². The first-order valence-electron chi connectivity index (χ1n) is 8.42. The second kappa shape index (κ2) is 7.82. The highest BCUT2D eigenvalue weighted by Gasteiger charge is 2.12. The van der Waals surface area contributed by atoms with E-state index in [1.54, 1.807) is 42.3 Å². The molecule has 0 saturated heterocycles. The summed E-state index contributed by atoms with van der Waals surface area (Å²) in [5.74, 6) is -0.688. The number of hydrogen-bond acceptors (Lipinski definition) is 3. The molecule has 1 heterocycles. The van der Waals surface area contributed by atoms with Gasteiger partial charge in [-0.05, 0) is 36.1 Å². The van der Waals surface area contributed by atoms with Crippen LogP contribution >= 0.6 is 0 Å². The van der Waals surface area contributed by atoms with Crippen molar-refractivity contribution in [1.29, 1.82) is 0 Å². The number of carbonyl (C=O) groups is 1. The second-order valence-corrected chi connectivity index (χ2v) is 6.08. The number of anilines is 1. The van der Waals surface area contributed by atoms with Gasteiger partial charge in [0.15, 0.2) is 0 Å². The van der Waals surface area contributed by atoms with Gasteiger partial charge in [0.1, 0.15) is 11.4 Å². The number of halogens is 1. The zero-order valence-corrected chi connectivity index (χ0v) is 14.5. The molecule has 3 rings (SSSR count). The molecule has 2 aromatic carbocycles. The third-order valence-corrected chi connectivity index (χ3v) is 4.22. The lowest BCUT2D eigenvalue weighted by Crippen LogP contribution is -2.32. The first-order valence-corrected chi connectivity index (χ1v) is 8.42. The Morgan fingerprint density at radius 1 is 1.15 bits per heavy atom. The predicted octanol–water partition coefficient (Wildman–Crippen LogP) is 2.92. The van der Waals surface area contributed by atoms with E-state index in [9.17, 15) is 14.0 Å². The van der Waals surface area contributed by atoms with Gasteiger partial charge in [-0.15, -0.1) is 0 Å². The van der Waals surface area contributed by atoms with Crippen LogP contribution in [-0.2, 0) is 0 Å². The van der Waals surface area contributed by atoms with Gasteiger partial charge in [0, 0.05) is 25.7 Å². The summed E-state index contributed by atoms with van der Waals surface area (Å²) in [6.45, 7) is 0.971. The molecule has 0 radical (unpaired) electrons. The van der Waals surface area contributed by atoms with Crippen molar-refractivity contribution >= 4 is 22.5 Å². The van der Waals surface area contributed by atoms with Gasteiger partial charge in [-0.25, -0.2) is 4.39 Å². The fourth-order valence-corrected chi connectivity index (χ4v) is 2.81. The van der Waals surface area contributed by atoms with E-state index in [0.29, 0.717) is 30.7 Å². The SMILES string of the molecule is CN(CCCNC(=O)c1cc2ccccc2[nH]c1=O)c1ccccc1F. The highest BCUT2D eigenvalue weighted by Crippen LogP contribution is 2.16. The van der Waals surface area contributed by atoms with E-state index in [0.717, 1.165) is 5.39 Å². The van der Waals surface area contributed by atoms with Crippen molar-refractivity contribution in [1.82, 2.24) is 10.3 Å². The number of fused-ring (bicyclic) bond motifs is 1. The standard InChI is InChI=1S/C20H20FN3O2/c1-24(18-10-5-3-8-16(18)21)12-6-11-22-19(25)15-13-14-7-2-4-9-17(14)23-20(15)26/h2-5,7-10,13H,6,11-12H2,1H3,(H,22,25)(H,23,26). The average Bonchev–Trinajstić information content (AvgIpc) is 2.64. The summed E-state index contributed by atoms with van der Waals surface area (Å²) >= 11 is 0. The van der Waals surface area contributed by atoms with Crippen LogP contribution in [0.15, 0.2) is 59.4 Å². The van der Waals surface area contributed by atoms with Crippen molar-refractivity contribution in [3.05, 3.63) is 76.3 Å². The van der Waals surface area contributed by atoms with Gasteiger partial charge in [-0.3, -0.25) is 9.59 Å². The quantitative estimate of drug-likeness (QED) is 0.670. The Balaban J connectivity index is 1.57. The number of carbonyl (C=O) groups excluding carboxylic acids is 1. The first-order chi connectivity index (χ1) is 12.6. The van der Waals surface area contributed by atoms with E-state index in [2.05, 4.69) is 10.3 Å². The molecule has 1 aromatic heterocycles. The summed E-state index contributed by atoms with van der Waals surface area (Å²) in [7, 11) is 1.80. The minimum atomic E-state index is -0.412. The van der Waals surface area contributed by atoms with Gasteiger partial charge >= 0.3 is 0 Å². The minimum absolute atomic E-state index is 0.0890. The number of pyridine rings is 1. The van der Waals surface area contributed by atoms with Crippen molar-refractivity contribution in [3.63, 3.8) is 0 Å². The van der Waals surface area contributed by atoms with Crippen molar-refractivity contribution in [2.45, 2.75) is 6.42 Å². The maximum Gasteiger partial charge on any atom is 0.261 e. The highest BCUT2D eigenvalue weighted by molar-refractivity contribution is 5.97. The summed E-state index contributed by atoms with van der Waals surface area (Å²) in [6, 6.07) is 15.4. The summed E-state index contributed by atoms with van der Waals surface area (Å²) in [6.07, 6.45) is 0.627. The largest absolute Gasteiger partial charge is 0.372 e. The number of amides is 1. The first kappa shape index (κ1) is 17.7. The lowest BCUT2D eigenvalue weighted by atomic mass is 10.1. The minimum Gasteiger partial charge on any atom is -0.372 e. The molecule has 0 aliphatic heterocycles. The predicted molar refractivity (Wildman–Crippen MR) is 101 cm³/mol. The Labute approximate surface area is 150 Å². The maximum atomic E-state index is 13.7. The number of benzene rings is 2. The lowest BCUT2D eigenvalue weighted by molar-refractivity contribution is 0.0952. The zero-order valence-electron chi connectivity index (χ0n) is 14.5. The van der Waals surface area contributed by atoms with E-state index >= 15 is 0 Å². The number of aromatic amines is 1. The molecule has 5 nitrogen and oxygen atoms in total. The van der Waals surface area contributed by atoms with E-state index in [1.165, 1.54) is 6.07 Å². The molecular formula is C20H20FN3O2. The van der Waals surface area contributed by atoms with E-state index in [4.69, 9.17) is 0 Å². The number of nitrogens with one attached hydrogen (secondary N) is 2. The van der Waals surface area contributed by atoms with Crippen LogP contribution in [0.1, 0.15) is 16.8 Å². The van der Waals surface area contributed by atoms with Crippen LogP contribution in [0.2, 0.25) is 0 Å². The molecule has 0 atom stereocenters. The third-order valence-electron chi connectivity index (χ3n) is 4.22. The van der Waals surface area contributed by atoms with Crippen molar-refractivity contribution in [3.8, 4) is 0 Å². The summed E-state index contributed by atoms with van der Waals surface area (Å²) in [5, 5.41) is 3.55. The Kier molecular flexibility index (Phi) is 5.31. The Bertz CT molecular complexity index is 984. The van der Waals surface area contributed by atoms with Crippen LogP contribution in [0, 0.1) is 5.82 Å². The van der Waals surface area contributed by atoms with Gasteiger partial charge in [-0.2, -0.15) is 0 Å². The Morgan fingerprint density at radius 3 is 2.69 bits per heavy atom. The maximum absolute atomic E-state index is 13.7. The van der Waals surface area contributed by atoms with Crippen LogP contribution < -0.4 is 15.8 Å². The molecule has 134 valence electrons. The molecule has 26 heavy (non-hydrogen) atoms. The molecule has 6 heteroatoms. The highest BCUT2D eigenvalue weighted by atomic mass is 19.1. The molecule has 3 aromatic rings. The van der Waals surface area contributed by atoms with Gasteiger partial charge in [-0.1, -0.05) is 30.3 Å². The van der Waals surface area contributed by atoms with Gasteiger partial charge < -0.3 is 15.2 Å². The summed E-state index contributed by atoms with van der Waals surface area (Å²) < 4.78 is 13.7. The summed E-state index contributed by atoms with van der Waals surface area (Å²) in [4.78, 5) is 28.9. The van der Waals surface area contributed by atoms with Gasteiger partial charge in [0.25, 0.3) is 11.5 Å². The smallest absolute Gasteiger partial charge is 0.261 e. The third kappa shape index (κ3) is 3.91. The van der Waals surface area contributed by atoms with Crippen molar-refractivity contribution in [2.24, 2.45) is 0 Å². The average molecular weight is 353 g/mol. The molecule has 0 bridgehead atoms. The number of aromatic nitrogens is 1. The van der Waals surface area contributed by atoms with Crippen LogP contribution in [0.4, 0.5) is 10.1 Å². The summed E-state index contributed by atoms with van der Waals surface area (Å²) in [5.41, 5.74) is 0.890. The topological polar surface area (TPSA) is 65.2 Å². The molecule has 0 unspecified atom stereocenters. The zero-order chi connectivity index (χ0) is 18.5. The number of hydrogen-bond donors (Lipinski definition) is 2. The fraction of sp³-hybridized carbons (Fsp3) is 0.200. The monoisotopic (exact) mass is 353 g/mol. The second-order valence-electron chi connectivity index (χ2n) is 6.08. The van der Waals surface area contributed by atoms with E-state index in [1.807, 2.05) is 18.2 Å². The van der Waals surface area contributed by atoms with Crippen LogP contribution in [0.3, 0.4) is 0 Å². The molecule has 1 amide bonds. The molecule has 2 N–H and O–H groups in total. The van der Waals surface area contributed by atoms with Crippen LogP contribution in [0.5, 0.6) is 0 Å². The normalized spacial score (nSPS) is 10.7. The Hall–Kier alpha value is -3.15. The molecule has 0 saturated carbocycles. The van der Waals surface area contributed by atoms with Crippen LogP contribution in [-0.4, -0.2) is 31.0 Å². The number of para-hydroxylation sites is 2. The fourth-order valence-electron chi connectivity index (χ4n) is 2.81. The molecule has 0 aliphatic rings. The van der Waals surface area contributed by atoms with E-state index in [-0.39, 0.29) is 11.4 Å². The lowest BCUT2D eigenvalue weighted by Gasteiger charge is -2.19. The Morgan fingerprint density at radius 2 is 1.88 bits per heavy atom. The van der Waals surface area contributed by atoms with Gasteiger partial charge in [0.05, 0.1) is 5.69 Å². The van der Waals surface area contributed by atoms with Crippen molar-refractivity contribution in [2.75, 3.05) is 25.0 Å².